The first kappa shape index (κ1) is 17.6. The molecule has 0 fully saturated rings. The van der Waals surface area contributed by atoms with E-state index in [0.29, 0.717) is 12.8 Å². The minimum Gasteiger partial charge on any atom is -0.875 e. The maximum absolute atomic E-state index is 10.9. The van der Waals surface area contributed by atoms with Crippen molar-refractivity contribution in [1.82, 2.24) is 0 Å². The summed E-state index contributed by atoms with van der Waals surface area (Å²) in [5.74, 6) is 0.444. The summed E-state index contributed by atoms with van der Waals surface area (Å²) in [7, 11) is 0. The smallest absolute Gasteiger partial charge is 0.875 e. The maximum atomic E-state index is 10.9. The van der Waals surface area contributed by atoms with Crippen molar-refractivity contribution in [2.75, 3.05) is 0 Å². The third-order valence-electron chi connectivity index (χ3n) is 2.61. The van der Waals surface area contributed by atoms with E-state index in [1.807, 2.05) is 62.5 Å². The third-order valence-corrected chi connectivity index (χ3v) is 2.61. The molecule has 0 unspecified atom stereocenters. The molecular weight excluding hydrogens is 280 g/mol. The minimum absolute atomic E-state index is 0. The van der Waals surface area contributed by atoms with Gasteiger partial charge in [0.15, 0.2) is 0 Å². The van der Waals surface area contributed by atoms with E-state index in [9.17, 15) is 10.2 Å². The molecular formula is C16H18FeO2. The van der Waals surface area contributed by atoms with Gasteiger partial charge < -0.3 is 10.2 Å². The Kier molecular flexibility index (Phi) is 8.77. The Morgan fingerprint density at radius 3 is 1.21 bits per heavy atom. The molecule has 2 rings (SSSR count). The van der Waals surface area contributed by atoms with Crippen LogP contribution in [0.3, 0.4) is 0 Å². The minimum atomic E-state index is 0. The van der Waals surface area contributed by atoms with E-state index in [4.69, 9.17) is 0 Å². The Morgan fingerprint density at radius 2 is 1.00 bits per heavy atom. The maximum Gasteiger partial charge on any atom is 2.00 e. The van der Waals surface area contributed by atoms with Crippen LogP contribution in [0.4, 0.5) is 0 Å². The molecule has 0 aromatic heterocycles. The van der Waals surface area contributed by atoms with Crippen molar-refractivity contribution in [2.24, 2.45) is 0 Å². The molecule has 0 spiro atoms. The zero-order chi connectivity index (χ0) is 13.4. The van der Waals surface area contributed by atoms with E-state index < -0.39 is 0 Å². The van der Waals surface area contributed by atoms with Crippen LogP contribution in [0.5, 0.6) is 0 Å². The van der Waals surface area contributed by atoms with E-state index >= 15 is 0 Å². The monoisotopic (exact) mass is 298 g/mol. The first-order valence-corrected chi connectivity index (χ1v) is 6.18. The van der Waals surface area contributed by atoms with Gasteiger partial charge in [0.2, 0.25) is 0 Å². The van der Waals surface area contributed by atoms with E-state index in [1.165, 1.54) is 0 Å². The second-order valence-corrected chi connectivity index (χ2v) is 3.90. The van der Waals surface area contributed by atoms with Crippen molar-refractivity contribution in [3.63, 3.8) is 0 Å². The summed E-state index contributed by atoms with van der Waals surface area (Å²) < 4.78 is 0. The van der Waals surface area contributed by atoms with Gasteiger partial charge >= 0.3 is 17.1 Å². The molecule has 0 N–H and O–H groups in total. The molecule has 2 aliphatic carbocycles. The van der Waals surface area contributed by atoms with Gasteiger partial charge in [-0.05, 0) is 24.0 Å². The van der Waals surface area contributed by atoms with Crippen molar-refractivity contribution < 1.29 is 27.3 Å². The van der Waals surface area contributed by atoms with Crippen LogP contribution >= 0.6 is 0 Å². The number of hydrogen-bond donors (Lipinski definition) is 0. The molecule has 2 aliphatic rings. The van der Waals surface area contributed by atoms with E-state index in [0.717, 1.165) is 11.1 Å². The molecule has 0 bridgehead atoms. The van der Waals surface area contributed by atoms with Gasteiger partial charge in [-0.15, -0.1) is 11.5 Å². The third kappa shape index (κ3) is 5.82. The van der Waals surface area contributed by atoms with Crippen LogP contribution in [0.25, 0.3) is 0 Å². The average Bonchev–Trinajstić information content (AvgIpc) is 3.09. The molecule has 2 nitrogen and oxygen atoms in total. The average molecular weight is 298 g/mol. The van der Waals surface area contributed by atoms with Crippen molar-refractivity contribution in [3.05, 3.63) is 71.3 Å². The topological polar surface area (TPSA) is 46.1 Å². The van der Waals surface area contributed by atoms with Gasteiger partial charge in [-0.25, -0.2) is 0 Å². The zero-order valence-corrected chi connectivity index (χ0v) is 12.3. The van der Waals surface area contributed by atoms with Crippen molar-refractivity contribution in [2.45, 2.75) is 26.7 Å². The molecule has 0 amide bonds. The van der Waals surface area contributed by atoms with Gasteiger partial charge in [0.1, 0.15) is 0 Å². The molecule has 0 radical (unpaired) electrons. The fourth-order valence-corrected chi connectivity index (χ4v) is 1.53. The second-order valence-electron chi connectivity index (χ2n) is 3.90. The van der Waals surface area contributed by atoms with Crippen LogP contribution < -0.4 is 10.2 Å². The van der Waals surface area contributed by atoms with Gasteiger partial charge in [-0.1, -0.05) is 62.5 Å². The van der Waals surface area contributed by atoms with Crippen molar-refractivity contribution >= 4 is 0 Å². The molecule has 0 atom stereocenters. The van der Waals surface area contributed by atoms with Gasteiger partial charge in [0.05, 0.1) is 0 Å². The van der Waals surface area contributed by atoms with E-state index in [2.05, 4.69) is 0 Å². The SMILES string of the molecule is CCC([O-])=C1C=CC=C1.CCC([O-])=C1C=CC=C1.[Fe+2]. The Morgan fingerprint density at radius 1 is 0.737 bits per heavy atom. The normalized spacial score (nSPS) is 14.2. The fourth-order valence-electron chi connectivity index (χ4n) is 1.53. The standard InChI is InChI=1S/2C8H10O.Fe/c2*1-2-8(9)7-5-3-4-6-7;/h2*3-6,9H,2H2,1H3;/q;;+2/p-2. The molecule has 3 heteroatoms. The van der Waals surface area contributed by atoms with Crippen LogP contribution in [0.2, 0.25) is 0 Å². The van der Waals surface area contributed by atoms with E-state index in [1.54, 1.807) is 0 Å². The molecule has 0 aromatic carbocycles. The number of allylic oxidation sites excluding steroid dienone is 12. The predicted molar refractivity (Wildman–Crippen MR) is 71.2 cm³/mol. The van der Waals surface area contributed by atoms with E-state index in [-0.39, 0.29) is 28.6 Å². The molecule has 0 aliphatic heterocycles. The van der Waals surface area contributed by atoms with Gasteiger partial charge in [-0.3, -0.25) is 0 Å². The van der Waals surface area contributed by atoms with Gasteiger partial charge in [-0.2, -0.15) is 0 Å². The van der Waals surface area contributed by atoms with Crippen LogP contribution in [-0.2, 0) is 17.1 Å². The number of hydrogen-bond acceptors (Lipinski definition) is 2. The largest absolute Gasteiger partial charge is 2.00 e. The van der Waals surface area contributed by atoms with Crippen molar-refractivity contribution in [3.8, 4) is 0 Å². The zero-order valence-electron chi connectivity index (χ0n) is 11.2. The Bertz CT molecular complexity index is 391. The summed E-state index contributed by atoms with van der Waals surface area (Å²) in [4.78, 5) is 0. The molecule has 19 heavy (non-hydrogen) atoms. The van der Waals surface area contributed by atoms with Gasteiger partial charge in [0, 0.05) is 0 Å². The summed E-state index contributed by atoms with van der Waals surface area (Å²) in [6.45, 7) is 3.74. The first-order valence-electron chi connectivity index (χ1n) is 6.18. The quantitative estimate of drug-likeness (QED) is 0.580. The summed E-state index contributed by atoms with van der Waals surface area (Å²) >= 11 is 0. The van der Waals surface area contributed by atoms with Crippen LogP contribution in [0.1, 0.15) is 26.7 Å². The summed E-state index contributed by atoms with van der Waals surface area (Å²) in [5, 5.41) is 21.7. The molecule has 0 saturated heterocycles. The Labute approximate surface area is 125 Å². The van der Waals surface area contributed by atoms with Crippen LogP contribution in [0, 0.1) is 0 Å². The van der Waals surface area contributed by atoms with Gasteiger partial charge in [0.25, 0.3) is 0 Å². The second kappa shape index (κ2) is 9.48. The molecule has 0 saturated carbocycles. The first-order chi connectivity index (χ1) is 8.69. The summed E-state index contributed by atoms with van der Waals surface area (Å²) in [6, 6.07) is 0. The van der Waals surface area contributed by atoms with Crippen LogP contribution in [-0.4, -0.2) is 0 Å². The summed E-state index contributed by atoms with van der Waals surface area (Å²) in [5.41, 5.74) is 1.66. The van der Waals surface area contributed by atoms with Crippen molar-refractivity contribution in [1.29, 1.82) is 0 Å². The molecule has 0 aromatic rings. The molecule has 102 valence electrons. The Hall–Kier alpha value is -1.44. The van der Waals surface area contributed by atoms with Crippen LogP contribution in [0.15, 0.2) is 71.3 Å². The Balaban J connectivity index is 0.000000324. The fraction of sp³-hybridized carbons (Fsp3) is 0.250. The predicted octanol–water partition coefficient (Wildman–Crippen LogP) is 2.27. The summed E-state index contributed by atoms with van der Waals surface area (Å²) in [6.07, 6.45) is 16.1. The number of rotatable bonds is 2. The molecule has 0 heterocycles.